The summed E-state index contributed by atoms with van der Waals surface area (Å²) in [6.45, 7) is 3.50. The number of rotatable bonds is 1. The summed E-state index contributed by atoms with van der Waals surface area (Å²) in [6, 6.07) is 1.80. The van der Waals surface area contributed by atoms with Crippen molar-refractivity contribution in [2.75, 3.05) is 6.26 Å². The number of pyridine rings is 1. The van der Waals surface area contributed by atoms with Crippen molar-refractivity contribution in [1.29, 1.82) is 0 Å². The van der Waals surface area contributed by atoms with E-state index in [1.807, 2.05) is 6.26 Å². The van der Waals surface area contributed by atoms with Crippen LogP contribution in [-0.2, 0) is 0 Å². The smallest absolute Gasteiger partial charge is 0.209 e. The number of aromatic nitrogens is 1. The molecule has 0 aliphatic carbocycles. The van der Waals surface area contributed by atoms with E-state index >= 15 is 0 Å². The van der Waals surface area contributed by atoms with E-state index in [2.05, 4.69) is 0 Å². The van der Waals surface area contributed by atoms with Gasteiger partial charge in [-0.1, -0.05) is 11.6 Å². The van der Waals surface area contributed by atoms with E-state index in [1.165, 1.54) is 0 Å². The summed E-state index contributed by atoms with van der Waals surface area (Å²) >= 11 is 7.48. The molecule has 0 spiro atoms. The quantitative estimate of drug-likeness (QED) is 0.398. The third kappa shape index (κ3) is 1.52. The van der Waals surface area contributed by atoms with E-state index in [1.54, 1.807) is 31.7 Å². The summed E-state index contributed by atoms with van der Waals surface area (Å²) < 4.78 is 0.849. The minimum absolute atomic E-state index is 0.558. The van der Waals surface area contributed by atoms with Gasteiger partial charge in [0.15, 0.2) is 5.69 Å². The highest BCUT2D eigenvalue weighted by Crippen LogP contribution is 2.26. The van der Waals surface area contributed by atoms with E-state index in [4.69, 9.17) is 11.6 Å². The van der Waals surface area contributed by atoms with Gasteiger partial charge in [-0.3, -0.25) is 0 Å². The SMILES string of the molecule is CSc1cc(C)[n+]([O-])c(C)c1Cl. The predicted octanol–water partition coefficient (Wildman–Crippen LogP) is 2.31. The molecular formula is C8H10ClNOS. The molecule has 2 nitrogen and oxygen atoms in total. The van der Waals surface area contributed by atoms with Crippen LogP contribution in [0.4, 0.5) is 0 Å². The van der Waals surface area contributed by atoms with E-state index in [0.29, 0.717) is 16.4 Å². The predicted molar refractivity (Wildman–Crippen MR) is 51.7 cm³/mol. The molecule has 1 heterocycles. The summed E-state index contributed by atoms with van der Waals surface area (Å²) in [5.41, 5.74) is 1.25. The molecular weight excluding hydrogens is 194 g/mol. The Bertz CT molecular complexity index is 314. The van der Waals surface area contributed by atoms with Crippen LogP contribution in [-0.4, -0.2) is 6.26 Å². The number of halogens is 1. The molecule has 4 heteroatoms. The first kappa shape index (κ1) is 9.68. The van der Waals surface area contributed by atoms with Crippen molar-refractivity contribution in [3.63, 3.8) is 0 Å². The third-order valence-corrected chi connectivity index (χ3v) is 3.07. The minimum Gasteiger partial charge on any atom is -0.618 e. The zero-order valence-electron chi connectivity index (χ0n) is 7.22. The maximum absolute atomic E-state index is 11.3. The Morgan fingerprint density at radius 3 is 2.58 bits per heavy atom. The standard InChI is InChI=1S/C8H10ClNOS/c1-5-4-7(12-3)8(9)6(2)10(5)11/h4H,1-3H3. The van der Waals surface area contributed by atoms with Gasteiger partial charge in [0, 0.05) is 24.8 Å². The van der Waals surface area contributed by atoms with Gasteiger partial charge in [-0.15, -0.1) is 11.8 Å². The lowest BCUT2D eigenvalue weighted by Gasteiger charge is -2.08. The first-order chi connectivity index (χ1) is 5.57. The van der Waals surface area contributed by atoms with E-state index in [0.717, 1.165) is 9.63 Å². The highest BCUT2D eigenvalue weighted by Gasteiger charge is 2.13. The third-order valence-electron chi connectivity index (χ3n) is 1.72. The summed E-state index contributed by atoms with van der Waals surface area (Å²) in [5.74, 6) is 0. The summed E-state index contributed by atoms with van der Waals surface area (Å²) in [5, 5.41) is 11.8. The Balaban J connectivity index is 3.39. The van der Waals surface area contributed by atoms with Gasteiger partial charge in [0.1, 0.15) is 5.02 Å². The lowest BCUT2D eigenvalue weighted by Crippen LogP contribution is -2.34. The Morgan fingerprint density at radius 2 is 2.08 bits per heavy atom. The summed E-state index contributed by atoms with van der Waals surface area (Å²) in [6.07, 6.45) is 1.94. The van der Waals surface area contributed by atoms with E-state index in [9.17, 15) is 5.21 Å². The fourth-order valence-corrected chi connectivity index (χ4v) is 1.97. The normalized spacial score (nSPS) is 10.3. The lowest BCUT2D eigenvalue weighted by atomic mass is 10.3. The van der Waals surface area contributed by atoms with E-state index < -0.39 is 0 Å². The Labute approximate surface area is 81.1 Å². The van der Waals surface area contributed by atoms with Gasteiger partial charge in [-0.25, -0.2) is 0 Å². The molecule has 0 aliphatic heterocycles. The Kier molecular flexibility index (Phi) is 2.85. The second-order valence-corrected chi connectivity index (χ2v) is 3.77. The molecule has 1 rings (SSSR count). The molecule has 0 saturated carbocycles. The molecule has 0 aliphatic rings. The number of hydrogen-bond acceptors (Lipinski definition) is 2. The molecule has 0 aromatic carbocycles. The average Bonchev–Trinajstić information content (AvgIpc) is 2.08. The summed E-state index contributed by atoms with van der Waals surface area (Å²) in [4.78, 5) is 0.957. The van der Waals surface area contributed by atoms with Gasteiger partial charge in [0.05, 0.1) is 0 Å². The molecule has 0 N–H and O–H groups in total. The zero-order valence-corrected chi connectivity index (χ0v) is 8.79. The Morgan fingerprint density at radius 1 is 1.50 bits per heavy atom. The van der Waals surface area contributed by atoms with Crippen molar-refractivity contribution in [3.05, 3.63) is 27.7 Å². The van der Waals surface area contributed by atoms with Gasteiger partial charge in [-0.05, 0) is 6.26 Å². The molecule has 1 aromatic heterocycles. The highest BCUT2D eigenvalue weighted by molar-refractivity contribution is 7.98. The van der Waals surface area contributed by atoms with Crippen molar-refractivity contribution in [3.8, 4) is 0 Å². The molecule has 0 fully saturated rings. The van der Waals surface area contributed by atoms with Crippen LogP contribution in [0.5, 0.6) is 0 Å². The van der Waals surface area contributed by atoms with Crippen LogP contribution in [0, 0.1) is 19.1 Å². The fraction of sp³-hybridized carbons (Fsp3) is 0.375. The van der Waals surface area contributed by atoms with Crippen molar-refractivity contribution in [2.45, 2.75) is 18.7 Å². The molecule has 0 atom stereocenters. The second-order valence-electron chi connectivity index (χ2n) is 2.55. The largest absolute Gasteiger partial charge is 0.618 e. The number of thioether (sulfide) groups is 1. The molecule has 0 unspecified atom stereocenters. The van der Waals surface area contributed by atoms with Crippen LogP contribution >= 0.6 is 23.4 Å². The molecule has 1 aromatic rings. The van der Waals surface area contributed by atoms with Crippen LogP contribution in [0.2, 0.25) is 5.02 Å². The minimum atomic E-state index is 0.558. The van der Waals surface area contributed by atoms with Crippen molar-refractivity contribution in [2.24, 2.45) is 0 Å². The van der Waals surface area contributed by atoms with Gasteiger partial charge >= 0.3 is 0 Å². The Hall–Kier alpha value is -0.410. The lowest BCUT2D eigenvalue weighted by molar-refractivity contribution is -0.619. The first-order valence-corrected chi connectivity index (χ1v) is 5.11. The molecule has 66 valence electrons. The second kappa shape index (κ2) is 3.54. The van der Waals surface area contributed by atoms with Crippen LogP contribution in [0.15, 0.2) is 11.0 Å². The van der Waals surface area contributed by atoms with Crippen LogP contribution < -0.4 is 4.73 Å². The number of aryl methyl sites for hydroxylation is 1. The molecule has 0 saturated heterocycles. The molecule has 0 radical (unpaired) electrons. The average molecular weight is 204 g/mol. The van der Waals surface area contributed by atoms with Crippen LogP contribution in [0.1, 0.15) is 11.4 Å². The summed E-state index contributed by atoms with van der Waals surface area (Å²) in [7, 11) is 0. The first-order valence-electron chi connectivity index (χ1n) is 3.51. The van der Waals surface area contributed by atoms with Crippen molar-refractivity contribution in [1.82, 2.24) is 0 Å². The molecule has 0 amide bonds. The zero-order chi connectivity index (χ0) is 9.30. The van der Waals surface area contributed by atoms with Gasteiger partial charge in [-0.2, -0.15) is 4.73 Å². The molecule has 0 bridgehead atoms. The van der Waals surface area contributed by atoms with Gasteiger partial charge < -0.3 is 5.21 Å². The number of nitrogens with zero attached hydrogens (tertiary/aromatic N) is 1. The van der Waals surface area contributed by atoms with Crippen LogP contribution in [0.25, 0.3) is 0 Å². The maximum Gasteiger partial charge on any atom is 0.209 e. The topological polar surface area (TPSA) is 26.9 Å². The van der Waals surface area contributed by atoms with E-state index in [-0.39, 0.29) is 0 Å². The maximum atomic E-state index is 11.3. The van der Waals surface area contributed by atoms with Crippen molar-refractivity contribution >= 4 is 23.4 Å². The van der Waals surface area contributed by atoms with Gasteiger partial charge in [0.25, 0.3) is 0 Å². The van der Waals surface area contributed by atoms with Crippen molar-refractivity contribution < 1.29 is 4.73 Å². The van der Waals surface area contributed by atoms with Crippen LogP contribution in [0.3, 0.4) is 0 Å². The highest BCUT2D eigenvalue weighted by atomic mass is 35.5. The van der Waals surface area contributed by atoms with Gasteiger partial charge in [0.2, 0.25) is 5.69 Å². The fourth-order valence-electron chi connectivity index (χ4n) is 0.992. The molecule has 12 heavy (non-hydrogen) atoms. The number of hydrogen-bond donors (Lipinski definition) is 0. The monoisotopic (exact) mass is 203 g/mol.